The van der Waals surface area contributed by atoms with E-state index in [0.29, 0.717) is 50.3 Å². The van der Waals surface area contributed by atoms with E-state index in [1.165, 1.54) is 0 Å². The maximum atomic E-state index is 13.8. The number of piperazine rings is 1. The minimum Gasteiger partial charge on any atom is -0.383 e. The van der Waals surface area contributed by atoms with Gasteiger partial charge in [0.05, 0.1) is 24.5 Å². The second-order valence-corrected chi connectivity index (χ2v) is 12.1. The monoisotopic (exact) mass is 619 g/mol. The van der Waals surface area contributed by atoms with Crippen LogP contribution in [-0.4, -0.2) is 108 Å². The summed E-state index contributed by atoms with van der Waals surface area (Å²) in [6.45, 7) is 9.42. The summed E-state index contributed by atoms with van der Waals surface area (Å²) in [4.78, 5) is 42.0. The van der Waals surface area contributed by atoms with Crippen LogP contribution in [0, 0.1) is 11.8 Å². The van der Waals surface area contributed by atoms with Gasteiger partial charge in [-0.05, 0) is 45.4 Å². The van der Waals surface area contributed by atoms with Crippen molar-refractivity contribution in [2.45, 2.75) is 70.8 Å². The molecule has 12 nitrogen and oxygen atoms in total. The third-order valence-corrected chi connectivity index (χ3v) is 8.75. The van der Waals surface area contributed by atoms with Gasteiger partial charge in [0.2, 0.25) is 18.2 Å². The quantitative estimate of drug-likeness (QED) is 0.307. The maximum absolute atomic E-state index is 13.8. The molecule has 0 aromatic carbocycles. The van der Waals surface area contributed by atoms with Crippen LogP contribution >= 0.6 is 0 Å². The molecule has 2 aromatic heterocycles. The van der Waals surface area contributed by atoms with Gasteiger partial charge in [-0.2, -0.15) is 10.1 Å². The van der Waals surface area contributed by atoms with Crippen molar-refractivity contribution < 1.29 is 23.1 Å². The number of nitrogens with one attached hydrogen (secondary N) is 2. The van der Waals surface area contributed by atoms with Crippen LogP contribution in [0.2, 0.25) is 0 Å². The van der Waals surface area contributed by atoms with Crippen LogP contribution in [0.4, 0.5) is 14.6 Å². The van der Waals surface area contributed by atoms with E-state index >= 15 is 0 Å². The number of carbonyl (C=O) groups is 2. The van der Waals surface area contributed by atoms with Crippen molar-refractivity contribution in [2.24, 2.45) is 16.8 Å². The maximum Gasteiger partial charge on any atom is 0.252 e. The third kappa shape index (κ3) is 8.90. The fraction of sp³-hybridized carbons (Fsp3) is 0.733. The number of aliphatic imine (C=N–C) groups is 1. The van der Waals surface area contributed by atoms with Crippen LogP contribution in [0.25, 0.3) is 5.78 Å². The summed E-state index contributed by atoms with van der Waals surface area (Å²) in [5, 5.41) is 10.6. The number of hydrogen-bond acceptors (Lipinski definition) is 9. The standard InChI is InChI=1S/C26H38F2N8O3.C4H9N/c1-39-14-13-34-9-11-35(12-10-34)23-20(15-19-3-2-8-29-24(19)38)33-36-16-21(31-25(36)32-23)22(30-17-37)18-4-6-26(27,28)7-5-18;1-4(2)5-3/h16-19,22H,2-15H2,1H3,(H,29,38)(H,30,37);1-3H3. The van der Waals surface area contributed by atoms with E-state index in [0.717, 1.165) is 62.8 Å². The molecule has 244 valence electrons. The Bertz CT molecular complexity index is 1270. The average Bonchev–Trinajstić information content (AvgIpc) is 3.43. The first kappa shape index (κ1) is 33.6. The summed E-state index contributed by atoms with van der Waals surface area (Å²) in [6, 6.07) is -0.498. The number of halogens is 2. The molecule has 0 radical (unpaired) electrons. The van der Waals surface area contributed by atoms with Crippen molar-refractivity contribution in [3.8, 4) is 0 Å². The molecule has 44 heavy (non-hydrogen) atoms. The smallest absolute Gasteiger partial charge is 0.252 e. The van der Waals surface area contributed by atoms with E-state index in [-0.39, 0.29) is 30.6 Å². The van der Waals surface area contributed by atoms with Crippen LogP contribution in [0.3, 0.4) is 0 Å². The van der Waals surface area contributed by atoms with Crippen LogP contribution in [0.5, 0.6) is 0 Å². The number of anilines is 1. The highest BCUT2D eigenvalue weighted by atomic mass is 19.3. The molecule has 2 atom stereocenters. The number of piperidine rings is 1. The normalized spacial score (nSPS) is 21.6. The number of carbonyl (C=O) groups excluding carboxylic acids is 2. The summed E-state index contributed by atoms with van der Waals surface area (Å²) in [5.74, 6) is -1.84. The Labute approximate surface area is 258 Å². The van der Waals surface area contributed by atoms with E-state index in [1.54, 1.807) is 24.9 Å². The Kier molecular flexibility index (Phi) is 12.0. The van der Waals surface area contributed by atoms with Crippen molar-refractivity contribution in [3.63, 3.8) is 0 Å². The van der Waals surface area contributed by atoms with Crippen molar-refractivity contribution >= 4 is 29.6 Å². The van der Waals surface area contributed by atoms with E-state index in [2.05, 4.69) is 25.4 Å². The summed E-state index contributed by atoms with van der Waals surface area (Å²) < 4.78 is 34.4. The number of nitrogens with zero attached hydrogens (tertiary/aromatic N) is 7. The highest BCUT2D eigenvalue weighted by molar-refractivity contribution is 5.79. The molecule has 3 aliphatic rings. The van der Waals surface area contributed by atoms with Crippen LogP contribution < -0.4 is 15.5 Å². The van der Waals surface area contributed by atoms with E-state index in [1.807, 2.05) is 13.8 Å². The van der Waals surface area contributed by atoms with E-state index in [9.17, 15) is 18.4 Å². The van der Waals surface area contributed by atoms with E-state index in [4.69, 9.17) is 19.8 Å². The number of alkyl halides is 2. The number of ether oxygens (including phenoxy) is 1. The highest BCUT2D eigenvalue weighted by Gasteiger charge is 2.39. The first-order valence-corrected chi connectivity index (χ1v) is 15.6. The number of rotatable bonds is 10. The van der Waals surface area contributed by atoms with Crippen molar-refractivity contribution in [3.05, 3.63) is 17.6 Å². The second-order valence-electron chi connectivity index (χ2n) is 12.1. The number of aromatic nitrogens is 4. The van der Waals surface area contributed by atoms with Crippen molar-refractivity contribution in [1.82, 2.24) is 35.1 Å². The molecule has 1 saturated carbocycles. The molecule has 2 aromatic rings. The van der Waals surface area contributed by atoms with Gasteiger partial charge in [-0.15, -0.1) is 0 Å². The third-order valence-electron chi connectivity index (χ3n) is 8.75. The lowest BCUT2D eigenvalue weighted by Crippen LogP contribution is -2.48. The van der Waals surface area contributed by atoms with Gasteiger partial charge in [-0.25, -0.2) is 18.3 Å². The van der Waals surface area contributed by atoms with Gasteiger partial charge in [-0.1, -0.05) is 0 Å². The second kappa shape index (κ2) is 15.6. The summed E-state index contributed by atoms with van der Waals surface area (Å²) >= 11 is 0. The Morgan fingerprint density at radius 2 is 1.91 bits per heavy atom. The number of hydrogen-bond donors (Lipinski definition) is 2. The summed E-state index contributed by atoms with van der Waals surface area (Å²) in [5.41, 5.74) is 2.42. The van der Waals surface area contributed by atoms with Gasteiger partial charge in [0, 0.05) is 84.3 Å². The molecule has 5 rings (SSSR count). The molecule has 2 saturated heterocycles. The lowest BCUT2D eigenvalue weighted by molar-refractivity contribution is -0.126. The minimum absolute atomic E-state index is 0.0362. The molecular weight excluding hydrogens is 572 g/mol. The van der Waals surface area contributed by atoms with Gasteiger partial charge >= 0.3 is 0 Å². The Morgan fingerprint density at radius 3 is 2.52 bits per heavy atom. The predicted octanol–water partition coefficient (Wildman–Crippen LogP) is 2.67. The molecule has 1 aliphatic carbocycles. The topological polar surface area (TPSA) is 129 Å². The highest BCUT2D eigenvalue weighted by Crippen LogP contribution is 2.41. The minimum atomic E-state index is -2.66. The predicted molar refractivity (Wildman–Crippen MR) is 164 cm³/mol. The molecule has 0 bridgehead atoms. The Hall–Kier alpha value is -3.26. The SMILES string of the molecule is CN=C(C)C.COCCN1CCN(c2nc3nc(C(NC=O)C4CCC(F)(F)CC4)cn3nc2CC2CCCNC2=O)CC1. The van der Waals surface area contributed by atoms with Crippen LogP contribution in [-0.2, 0) is 20.7 Å². The zero-order chi connectivity index (χ0) is 31.7. The molecule has 14 heteroatoms. The Balaban J connectivity index is 0.000000818. The number of fused-ring (bicyclic) bond motifs is 1. The van der Waals surface area contributed by atoms with Crippen molar-refractivity contribution in [2.75, 3.05) is 64.9 Å². The molecule has 3 fully saturated rings. The molecule has 2 unspecified atom stereocenters. The molecule has 2 N–H and O–H groups in total. The largest absolute Gasteiger partial charge is 0.383 e. The fourth-order valence-corrected chi connectivity index (χ4v) is 6.00. The van der Waals surface area contributed by atoms with Gasteiger partial charge in [-0.3, -0.25) is 19.5 Å². The van der Waals surface area contributed by atoms with Crippen LogP contribution in [0.15, 0.2) is 11.2 Å². The zero-order valence-electron chi connectivity index (χ0n) is 26.4. The molecule has 4 heterocycles. The number of imidazole rings is 1. The first-order chi connectivity index (χ1) is 21.1. The van der Waals surface area contributed by atoms with Gasteiger partial charge in [0.15, 0.2) is 5.82 Å². The number of amides is 2. The van der Waals surface area contributed by atoms with Gasteiger partial charge in [0.25, 0.3) is 5.78 Å². The average molecular weight is 620 g/mol. The fourth-order valence-electron chi connectivity index (χ4n) is 6.00. The van der Waals surface area contributed by atoms with Gasteiger partial charge < -0.3 is 20.3 Å². The van der Waals surface area contributed by atoms with Crippen LogP contribution in [0.1, 0.15) is 69.8 Å². The summed E-state index contributed by atoms with van der Waals surface area (Å²) in [6.07, 6.45) is 4.71. The molecule has 2 amide bonds. The summed E-state index contributed by atoms with van der Waals surface area (Å²) in [7, 11) is 3.49. The number of methoxy groups -OCH3 is 1. The molecule has 2 aliphatic heterocycles. The first-order valence-electron chi connectivity index (χ1n) is 15.6. The zero-order valence-corrected chi connectivity index (χ0v) is 26.4. The lowest BCUT2D eigenvalue weighted by atomic mass is 9.81. The molecule has 0 spiro atoms. The lowest BCUT2D eigenvalue weighted by Gasteiger charge is -2.36. The van der Waals surface area contributed by atoms with Crippen molar-refractivity contribution in [1.29, 1.82) is 0 Å². The molecular formula is C30H47F2N9O3. The van der Waals surface area contributed by atoms with Gasteiger partial charge in [0.1, 0.15) is 5.69 Å². The van der Waals surface area contributed by atoms with E-state index < -0.39 is 12.0 Å². The Morgan fingerprint density at radius 1 is 1.20 bits per heavy atom.